The first-order valence-corrected chi connectivity index (χ1v) is 8.34. The summed E-state index contributed by atoms with van der Waals surface area (Å²) in [7, 11) is 0. The van der Waals surface area contributed by atoms with E-state index >= 15 is 0 Å². The summed E-state index contributed by atoms with van der Waals surface area (Å²) in [5.41, 5.74) is 3.21. The minimum absolute atomic E-state index is 0.0820. The number of aromatic nitrogens is 4. The number of tetrazole rings is 1. The topological polar surface area (TPSA) is 72.7 Å². The number of benzene rings is 1. The standard InChI is InChI=1S/C15H19N5OS/c1-10-6-5-7-11(2)13(10)20-15(17-18-19-20)22-12-8-3-4-9-16-14(12)21/h5-7,12H,3-4,8-9H2,1-2H3,(H,16,21)/t12-/m0/s1. The molecule has 0 bridgehead atoms. The smallest absolute Gasteiger partial charge is 0.233 e. The van der Waals surface area contributed by atoms with Crippen LogP contribution in [0.15, 0.2) is 23.4 Å². The molecule has 2 aromatic rings. The second kappa shape index (κ2) is 6.48. The van der Waals surface area contributed by atoms with Gasteiger partial charge in [-0.3, -0.25) is 4.79 Å². The second-order valence-corrected chi connectivity index (χ2v) is 6.68. The van der Waals surface area contributed by atoms with E-state index in [1.54, 1.807) is 4.68 Å². The van der Waals surface area contributed by atoms with Gasteiger partial charge in [-0.15, -0.1) is 5.10 Å². The molecule has 1 aromatic heterocycles. The zero-order chi connectivity index (χ0) is 15.5. The number of para-hydroxylation sites is 1. The largest absolute Gasteiger partial charge is 0.355 e. The number of hydrogen-bond acceptors (Lipinski definition) is 5. The highest BCUT2D eigenvalue weighted by atomic mass is 32.2. The molecule has 22 heavy (non-hydrogen) atoms. The summed E-state index contributed by atoms with van der Waals surface area (Å²) in [5, 5.41) is 15.5. The van der Waals surface area contributed by atoms with Gasteiger partial charge in [0.2, 0.25) is 11.1 Å². The monoisotopic (exact) mass is 317 g/mol. The lowest BCUT2D eigenvalue weighted by Gasteiger charge is -2.14. The molecule has 2 heterocycles. The Bertz CT molecular complexity index is 664. The van der Waals surface area contributed by atoms with Crippen molar-refractivity contribution in [2.75, 3.05) is 6.54 Å². The first-order valence-electron chi connectivity index (χ1n) is 7.46. The van der Waals surface area contributed by atoms with E-state index in [0.717, 1.165) is 42.6 Å². The summed E-state index contributed by atoms with van der Waals surface area (Å²) in [5.74, 6) is 0.0820. The summed E-state index contributed by atoms with van der Waals surface area (Å²) in [6, 6.07) is 6.09. The van der Waals surface area contributed by atoms with Crippen LogP contribution in [0.3, 0.4) is 0 Å². The van der Waals surface area contributed by atoms with E-state index in [9.17, 15) is 4.79 Å². The molecule has 1 aromatic carbocycles. The van der Waals surface area contributed by atoms with Gasteiger partial charge in [0, 0.05) is 6.54 Å². The normalized spacial score (nSPS) is 18.8. The fraction of sp³-hybridized carbons (Fsp3) is 0.467. The Balaban J connectivity index is 1.91. The van der Waals surface area contributed by atoms with Gasteiger partial charge in [0.15, 0.2) is 0 Å². The number of carbonyl (C=O) groups is 1. The van der Waals surface area contributed by atoms with Gasteiger partial charge in [-0.1, -0.05) is 36.4 Å². The number of hydrogen-bond donors (Lipinski definition) is 1. The molecule has 7 heteroatoms. The quantitative estimate of drug-likeness (QED) is 0.938. The molecular weight excluding hydrogens is 298 g/mol. The Labute approximate surface area is 133 Å². The predicted molar refractivity (Wildman–Crippen MR) is 85.1 cm³/mol. The highest BCUT2D eigenvalue weighted by Gasteiger charge is 2.25. The highest BCUT2D eigenvalue weighted by molar-refractivity contribution is 8.00. The SMILES string of the molecule is Cc1cccc(C)c1-n1nnnc1S[C@H]1CCCCNC1=O. The second-order valence-electron chi connectivity index (χ2n) is 5.51. The van der Waals surface area contributed by atoms with Crippen LogP contribution in [0.1, 0.15) is 30.4 Å². The van der Waals surface area contributed by atoms with Crippen LogP contribution in [-0.4, -0.2) is 37.9 Å². The van der Waals surface area contributed by atoms with Gasteiger partial charge >= 0.3 is 0 Å². The van der Waals surface area contributed by atoms with E-state index in [-0.39, 0.29) is 11.2 Å². The van der Waals surface area contributed by atoms with Crippen LogP contribution in [0.25, 0.3) is 5.69 Å². The van der Waals surface area contributed by atoms with E-state index in [0.29, 0.717) is 5.16 Å². The fourth-order valence-corrected chi connectivity index (χ4v) is 3.72. The summed E-state index contributed by atoms with van der Waals surface area (Å²) in [4.78, 5) is 12.1. The molecule has 1 saturated heterocycles. The lowest BCUT2D eigenvalue weighted by Crippen LogP contribution is -2.30. The van der Waals surface area contributed by atoms with Crippen molar-refractivity contribution in [2.24, 2.45) is 0 Å². The van der Waals surface area contributed by atoms with E-state index < -0.39 is 0 Å². The third kappa shape index (κ3) is 2.99. The van der Waals surface area contributed by atoms with Gasteiger partial charge in [-0.05, 0) is 48.2 Å². The van der Waals surface area contributed by atoms with Crippen molar-refractivity contribution in [3.8, 4) is 5.69 Å². The van der Waals surface area contributed by atoms with Crippen molar-refractivity contribution in [3.63, 3.8) is 0 Å². The van der Waals surface area contributed by atoms with Crippen molar-refractivity contribution >= 4 is 17.7 Å². The van der Waals surface area contributed by atoms with Gasteiger partial charge in [0.05, 0.1) is 10.9 Å². The van der Waals surface area contributed by atoms with Crippen molar-refractivity contribution in [2.45, 2.75) is 43.5 Å². The van der Waals surface area contributed by atoms with Gasteiger partial charge in [0.1, 0.15) is 0 Å². The van der Waals surface area contributed by atoms with Crippen molar-refractivity contribution in [1.29, 1.82) is 0 Å². The fourth-order valence-electron chi connectivity index (χ4n) is 2.68. The number of thioether (sulfide) groups is 1. The van der Waals surface area contributed by atoms with E-state index in [2.05, 4.69) is 20.8 Å². The average molecular weight is 317 g/mol. The zero-order valence-electron chi connectivity index (χ0n) is 12.7. The highest BCUT2D eigenvalue weighted by Crippen LogP contribution is 2.29. The van der Waals surface area contributed by atoms with E-state index in [4.69, 9.17) is 0 Å². The van der Waals surface area contributed by atoms with Gasteiger partial charge in [-0.2, -0.15) is 4.68 Å². The molecular formula is C15H19N5OS. The Kier molecular flexibility index (Phi) is 4.42. The molecule has 3 rings (SSSR count). The van der Waals surface area contributed by atoms with E-state index in [1.165, 1.54) is 11.8 Å². The van der Waals surface area contributed by atoms with Crippen molar-refractivity contribution in [3.05, 3.63) is 29.3 Å². The molecule has 1 aliphatic heterocycles. The first kappa shape index (κ1) is 15.0. The number of nitrogens with one attached hydrogen (secondary N) is 1. The molecule has 0 aliphatic carbocycles. The minimum atomic E-state index is -0.128. The Morgan fingerprint density at radius 2 is 2.05 bits per heavy atom. The zero-order valence-corrected chi connectivity index (χ0v) is 13.6. The van der Waals surface area contributed by atoms with Crippen LogP contribution in [0.4, 0.5) is 0 Å². The third-order valence-corrected chi connectivity index (χ3v) is 5.02. The number of carbonyl (C=O) groups excluding carboxylic acids is 1. The predicted octanol–water partition coefficient (Wildman–Crippen LogP) is 2.04. The molecule has 116 valence electrons. The molecule has 6 nitrogen and oxygen atoms in total. The molecule has 1 amide bonds. The van der Waals surface area contributed by atoms with Crippen LogP contribution in [0.5, 0.6) is 0 Å². The Hall–Kier alpha value is -1.89. The van der Waals surface area contributed by atoms with Crippen LogP contribution in [0, 0.1) is 13.8 Å². The Morgan fingerprint density at radius 1 is 1.27 bits per heavy atom. The maximum absolute atomic E-state index is 12.1. The molecule has 0 saturated carbocycles. The molecule has 1 atom stereocenters. The maximum Gasteiger partial charge on any atom is 0.233 e. The number of rotatable bonds is 3. The number of nitrogens with zero attached hydrogens (tertiary/aromatic N) is 4. The average Bonchev–Trinajstić information content (AvgIpc) is 2.83. The van der Waals surface area contributed by atoms with Gasteiger partial charge < -0.3 is 5.32 Å². The Morgan fingerprint density at radius 3 is 2.82 bits per heavy atom. The molecule has 0 spiro atoms. The number of aryl methyl sites for hydroxylation is 2. The van der Waals surface area contributed by atoms with Crippen molar-refractivity contribution < 1.29 is 4.79 Å². The van der Waals surface area contributed by atoms with Crippen LogP contribution < -0.4 is 5.32 Å². The molecule has 0 radical (unpaired) electrons. The van der Waals surface area contributed by atoms with Crippen molar-refractivity contribution in [1.82, 2.24) is 25.5 Å². The minimum Gasteiger partial charge on any atom is -0.355 e. The lowest BCUT2D eigenvalue weighted by atomic mass is 10.1. The molecule has 1 N–H and O–H groups in total. The van der Waals surface area contributed by atoms with Gasteiger partial charge in [0.25, 0.3) is 0 Å². The first-order chi connectivity index (χ1) is 10.7. The third-order valence-electron chi connectivity index (χ3n) is 3.82. The summed E-state index contributed by atoms with van der Waals surface area (Å²) in [6.45, 7) is 4.84. The summed E-state index contributed by atoms with van der Waals surface area (Å²) < 4.78 is 1.74. The molecule has 0 unspecified atom stereocenters. The summed E-state index contributed by atoms with van der Waals surface area (Å²) in [6.07, 6.45) is 2.93. The van der Waals surface area contributed by atoms with Gasteiger partial charge in [-0.25, -0.2) is 0 Å². The van der Waals surface area contributed by atoms with E-state index in [1.807, 2.05) is 32.0 Å². The number of amides is 1. The maximum atomic E-state index is 12.1. The molecule has 1 aliphatic rings. The molecule has 1 fully saturated rings. The van der Waals surface area contributed by atoms with Crippen LogP contribution >= 0.6 is 11.8 Å². The van der Waals surface area contributed by atoms with Crippen LogP contribution in [0.2, 0.25) is 0 Å². The van der Waals surface area contributed by atoms with Crippen LogP contribution in [-0.2, 0) is 4.79 Å². The summed E-state index contributed by atoms with van der Waals surface area (Å²) >= 11 is 1.45. The lowest BCUT2D eigenvalue weighted by molar-refractivity contribution is -0.120.